The standard InChI is InChI=1S/C25H29N5O2S/c1-17-7-4-8-18(2)23(17)21-16-22(31)27-25(26-21)28-33-20-10-5-9-19(15-20)24(32)30-12-6-11-29(3)13-14-30/h4-5,7-10,15-16H,6,11-14H2,1-3H3,(H2,26,27,28,31). The molecule has 1 fully saturated rings. The zero-order chi connectivity index (χ0) is 23.4. The molecule has 33 heavy (non-hydrogen) atoms. The summed E-state index contributed by atoms with van der Waals surface area (Å²) >= 11 is 1.32. The molecule has 2 N–H and O–H groups in total. The van der Waals surface area contributed by atoms with Crippen LogP contribution in [0.15, 0.2) is 58.2 Å². The smallest absolute Gasteiger partial charge is 0.253 e. The van der Waals surface area contributed by atoms with Crippen LogP contribution in [0.25, 0.3) is 11.3 Å². The van der Waals surface area contributed by atoms with Crippen LogP contribution in [0.3, 0.4) is 0 Å². The molecule has 8 heteroatoms. The average molecular weight is 464 g/mol. The topological polar surface area (TPSA) is 81.3 Å². The molecule has 0 atom stereocenters. The van der Waals surface area contributed by atoms with E-state index in [1.807, 2.05) is 61.2 Å². The summed E-state index contributed by atoms with van der Waals surface area (Å²) in [6.45, 7) is 7.43. The molecule has 1 saturated heterocycles. The quantitative estimate of drug-likeness (QED) is 0.558. The molecule has 4 rings (SSSR count). The minimum absolute atomic E-state index is 0.0521. The fourth-order valence-electron chi connectivity index (χ4n) is 4.08. The molecule has 0 unspecified atom stereocenters. The number of likely N-dealkylation sites (N-methyl/N-ethyl adjacent to an activating group) is 1. The van der Waals surface area contributed by atoms with Crippen LogP contribution in [0.2, 0.25) is 0 Å². The van der Waals surface area contributed by atoms with E-state index in [9.17, 15) is 9.59 Å². The number of carbonyl (C=O) groups excluding carboxylic acids is 1. The molecule has 0 aliphatic carbocycles. The normalized spacial score (nSPS) is 14.7. The predicted octanol–water partition coefficient (Wildman–Crippen LogP) is 3.95. The fourth-order valence-corrected chi connectivity index (χ4v) is 4.73. The molecule has 0 saturated carbocycles. The van der Waals surface area contributed by atoms with Crippen LogP contribution in [-0.2, 0) is 0 Å². The molecular formula is C25H29N5O2S. The Kier molecular flexibility index (Phi) is 7.15. The molecular weight excluding hydrogens is 434 g/mol. The summed E-state index contributed by atoms with van der Waals surface area (Å²) in [6, 6.07) is 15.1. The van der Waals surface area contributed by atoms with Gasteiger partial charge in [0.25, 0.3) is 11.5 Å². The van der Waals surface area contributed by atoms with Gasteiger partial charge in [-0.15, -0.1) is 0 Å². The Bertz CT molecular complexity index is 1190. The molecule has 1 aliphatic heterocycles. The highest BCUT2D eigenvalue weighted by molar-refractivity contribution is 8.00. The van der Waals surface area contributed by atoms with Gasteiger partial charge in [0.05, 0.1) is 5.69 Å². The zero-order valence-electron chi connectivity index (χ0n) is 19.2. The summed E-state index contributed by atoms with van der Waals surface area (Å²) in [4.78, 5) is 37.7. The minimum atomic E-state index is -0.221. The minimum Gasteiger partial charge on any atom is -0.337 e. The van der Waals surface area contributed by atoms with Crippen molar-refractivity contribution in [3.63, 3.8) is 0 Å². The number of aromatic amines is 1. The molecule has 172 valence electrons. The number of hydrogen-bond acceptors (Lipinski definition) is 6. The molecule has 1 aromatic heterocycles. The number of hydrogen-bond donors (Lipinski definition) is 2. The highest BCUT2D eigenvalue weighted by Crippen LogP contribution is 2.26. The van der Waals surface area contributed by atoms with E-state index < -0.39 is 0 Å². The van der Waals surface area contributed by atoms with E-state index in [0.29, 0.717) is 17.2 Å². The molecule has 1 aliphatic rings. The number of H-pyrrole nitrogens is 1. The van der Waals surface area contributed by atoms with Crippen LogP contribution < -0.4 is 10.3 Å². The lowest BCUT2D eigenvalue weighted by Gasteiger charge is -2.20. The lowest BCUT2D eigenvalue weighted by atomic mass is 10.00. The van der Waals surface area contributed by atoms with Crippen LogP contribution in [0.4, 0.5) is 5.95 Å². The van der Waals surface area contributed by atoms with Crippen LogP contribution in [0, 0.1) is 13.8 Å². The number of nitrogens with one attached hydrogen (secondary N) is 2. The van der Waals surface area contributed by atoms with Crippen molar-refractivity contribution in [2.45, 2.75) is 25.2 Å². The molecule has 1 amide bonds. The van der Waals surface area contributed by atoms with Gasteiger partial charge in [-0.3, -0.25) is 19.3 Å². The molecule has 0 spiro atoms. The van der Waals surface area contributed by atoms with E-state index in [2.05, 4.69) is 26.6 Å². The van der Waals surface area contributed by atoms with Gasteiger partial charge in [-0.25, -0.2) is 4.98 Å². The van der Waals surface area contributed by atoms with Gasteiger partial charge < -0.3 is 9.80 Å². The van der Waals surface area contributed by atoms with Crippen LogP contribution in [-0.4, -0.2) is 58.9 Å². The Balaban J connectivity index is 1.49. The summed E-state index contributed by atoms with van der Waals surface area (Å²) < 4.78 is 3.13. The molecule has 0 radical (unpaired) electrons. The van der Waals surface area contributed by atoms with Gasteiger partial charge in [0.1, 0.15) is 0 Å². The molecule has 2 aromatic carbocycles. The van der Waals surface area contributed by atoms with Crippen molar-refractivity contribution in [1.82, 2.24) is 19.8 Å². The highest BCUT2D eigenvalue weighted by Gasteiger charge is 2.19. The monoisotopic (exact) mass is 463 g/mol. The third-order valence-electron chi connectivity index (χ3n) is 5.83. The lowest BCUT2D eigenvalue weighted by molar-refractivity contribution is 0.0762. The van der Waals surface area contributed by atoms with Gasteiger partial charge in [-0.1, -0.05) is 24.3 Å². The summed E-state index contributed by atoms with van der Waals surface area (Å²) in [6.07, 6.45) is 0.980. The Morgan fingerprint density at radius 1 is 1.03 bits per heavy atom. The van der Waals surface area contributed by atoms with Crippen molar-refractivity contribution < 1.29 is 4.79 Å². The van der Waals surface area contributed by atoms with Gasteiger partial charge in [0.2, 0.25) is 5.95 Å². The highest BCUT2D eigenvalue weighted by atomic mass is 32.2. The fraction of sp³-hybridized carbons (Fsp3) is 0.320. The van der Waals surface area contributed by atoms with E-state index in [1.165, 1.54) is 18.0 Å². The number of benzene rings is 2. The van der Waals surface area contributed by atoms with Crippen molar-refractivity contribution in [3.05, 3.63) is 75.6 Å². The second-order valence-corrected chi connectivity index (χ2v) is 9.31. The number of carbonyl (C=O) groups is 1. The maximum Gasteiger partial charge on any atom is 0.253 e. The third-order valence-corrected chi connectivity index (χ3v) is 6.62. The van der Waals surface area contributed by atoms with Gasteiger partial charge in [0, 0.05) is 41.7 Å². The first-order valence-electron chi connectivity index (χ1n) is 11.1. The van der Waals surface area contributed by atoms with Gasteiger partial charge in [-0.05, 0) is 75.1 Å². The number of aryl methyl sites for hydroxylation is 2. The SMILES string of the molecule is Cc1cccc(C)c1-c1cc(=O)[nH]c(NSc2cccc(C(=O)N3CCCN(C)CC3)c2)n1. The first-order valence-corrected chi connectivity index (χ1v) is 11.9. The second-order valence-electron chi connectivity index (χ2n) is 8.43. The van der Waals surface area contributed by atoms with Crippen molar-refractivity contribution in [1.29, 1.82) is 0 Å². The van der Waals surface area contributed by atoms with Gasteiger partial charge in [-0.2, -0.15) is 0 Å². The summed E-state index contributed by atoms with van der Waals surface area (Å²) in [5, 5.41) is 0. The van der Waals surface area contributed by atoms with E-state index in [0.717, 1.165) is 54.2 Å². The van der Waals surface area contributed by atoms with Gasteiger partial charge in [0.15, 0.2) is 0 Å². The number of aromatic nitrogens is 2. The van der Waals surface area contributed by atoms with E-state index in [4.69, 9.17) is 0 Å². The van der Waals surface area contributed by atoms with Crippen LogP contribution >= 0.6 is 11.9 Å². The first kappa shape index (κ1) is 23.1. The molecule has 3 aromatic rings. The molecule has 7 nitrogen and oxygen atoms in total. The average Bonchev–Trinajstić information content (AvgIpc) is 3.01. The maximum absolute atomic E-state index is 13.0. The number of anilines is 1. The molecule has 2 heterocycles. The summed E-state index contributed by atoms with van der Waals surface area (Å²) in [5.41, 5.74) is 4.17. The number of nitrogens with zero attached hydrogens (tertiary/aromatic N) is 3. The lowest BCUT2D eigenvalue weighted by Crippen LogP contribution is -2.34. The van der Waals surface area contributed by atoms with E-state index >= 15 is 0 Å². The number of amides is 1. The van der Waals surface area contributed by atoms with Crippen molar-refractivity contribution in [2.75, 3.05) is 37.9 Å². The van der Waals surface area contributed by atoms with Crippen LogP contribution in [0.1, 0.15) is 27.9 Å². The van der Waals surface area contributed by atoms with Gasteiger partial charge >= 0.3 is 0 Å². The van der Waals surface area contributed by atoms with E-state index in [1.54, 1.807) is 0 Å². The molecule has 0 bridgehead atoms. The summed E-state index contributed by atoms with van der Waals surface area (Å²) in [7, 11) is 2.09. The Labute approximate surface area is 198 Å². The first-order chi connectivity index (χ1) is 15.9. The number of rotatable bonds is 5. The zero-order valence-corrected chi connectivity index (χ0v) is 20.0. The maximum atomic E-state index is 13.0. The van der Waals surface area contributed by atoms with Crippen LogP contribution in [0.5, 0.6) is 0 Å². The van der Waals surface area contributed by atoms with Crippen molar-refractivity contribution in [2.24, 2.45) is 0 Å². The third kappa shape index (κ3) is 5.64. The Morgan fingerprint density at radius 2 is 1.79 bits per heavy atom. The Hall–Kier alpha value is -3.10. The largest absolute Gasteiger partial charge is 0.337 e. The van der Waals surface area contributed by atoms with Crippen molar-refractivity contribution >= 4 is 23.8 Å². The second kappa shape index (κ2) is 10.2. The predicted molar refractivity (Wildman–Crippen MR) is 134 cm³/mol. The van der Waals surface area contributed by atoms with Crippen molar-refractivity contribution in [3.8, 4) is 11.3 Å². The Morgan fingerprint density at radius 3 is 2.58 bits per heavy atom. The summed E-state index contributed by atoms with van der Waals surface area (Å²) in [5.74, 6) is 0.425. The van der Waals surface area contributed by atoms with E-state index in [-0.39, 0.29) is 11.5 Å².